The van der Waals surface area contributed by atoms with Crippen molar-refractivity contribution in [1.82, 2.24) is 14.7 Å². The Morgan fingerprint density at radius 3 is 2.30 bits per heavy atom. The Hall–Kier alpha value is -3.42. The minimum absolute atomic E-state index is 0.0962. The highest BCUT2D eigenvalue weighted by Gasteiger charge is 2.34. The van der Waals surface area contributed by atoms with E-state index in [-0.39, 0.29) is 23.7 Å². The third-order valence-corrected chi connectivity index (χ3v) is 6.41. The van der Waals surface area contributed by atoms with Gasteiger partial charge in [-0.05, 0) is 54.2 Å². The fourth-order valence-electron chi connectivity index (χ4n) is 4.65. The molecule has 8 heteroatoms. The maximum absolute atomic E-state index is 14.0. The van der Waals surface area contributed by atoms with Crippen molar-refractivity contribution in [2.75, 3.05) is 13.1 Å². The topological polar surface area (TPSA) is 81.2 Å². The number of Topliss-reactive ketones (excluding diaryl/α,β-unsaturated/α-hetero) is 1. The molecule has 2 aliphatic heterocycles. The normalized spacial score (nSPS) is 17.0. The zero-order valence-electron chi connectivity index (χ0n) is 18.7. The number of carboxylic acid groups (broad SMARTS) is 1. The van der Waals surface area contributed by atoms with E-state index < -0.39 is 6.09 Å². The van der Waals surface area contributed by atoms with Gasteiger partial charge in [-0.2, -0.15) is 0 Å². The molecule has 0 radical (unpaired) electrons. The number of ketones is 1. The number of halogens is 1. The molecule has 7 nitrogen and oxygen atoms in total. The number of fused-ring (bicyclic) bond motifs is 1. The number of carbonyl (C=O) groups excluding carboxylic acids is 2. The zero-order chi connectivity index (χ0) is 23.5. The van der Waals surface area contributed by atoms with Gasteiger partial charge in [0.05, 0.1) is 0 Å². The van der Waals surface area contributed by atoms with E-state index in [1.54, 1.807) is 22.8 Å². The van der Waals surface area contributed by atoms with Gasteiger partial charge in [-0.1, -0.05) is 30.3 Å². The van der Waals surface area contributed by atoms with Crippen LogP contribution < -0.4 is 0 Å². The third-order valence-electron chi connectivity index (χ3n) is 6.41. The molecule has 174 valence electrons. The lowest BCUT2D eigenvalue weighted by molar-refractivity contribution is -0.116. The predicted molar refractivity (Wildman–Crippen MR) is 120 cm³/mol. The molecule has 0 atom stereocenters. The highest BCUT2D eigenvalue weighted by molar-refractivity contribution is 5.78. The van der Waals surface area contributed by atoms with Crippen molar-refractivity contribution in [1.29, 1.82) is 0 Å². The van der Waals surface area contributed by atoms with Gasteiger partial charge in [0.1, 0.15) is 11.6 Å². The molecule has 0 bridgehead atoms. The Balaban J connectivity index is 1.57. The van der Waals surface area contributed by atoms with Crippen LogP contribution in [0.4, 0.5) is 14.0 Å². The van der Waals surface area contributed by atoms with E-state index in [9.17, 15) is 23.9 Å². The van der Waals surface area contributed by atoms with Crippen LogP contribution in [0, 0.1) is 5.82 Å². The van der Waals surface area contributed by atoms with Gasteiger partial charge >= 0.3 is 12.1 Å². The molecule has 1 fully saturated rings. The first-order valence-corrected chi connectivity index (χ1v) is 11.2. The van der Waals surface area contributed by atoms with Crippen LogP contribution in [-0.4, -0.2) is 56.8 Å². The molecule has 3 amide bonds. The van der Waals surface area contributed by atoms with Crippen LogP contribution in [0.2, 0.25) is 0 Å². The van der Waals surface area contributed by atoms with E-state index in [1.165, 1.54) is 17.0 Å². The van der Waals surface area contributed by atoms with Crippen molar-refractivity contribution in [2.45, 2.75) is 51.9 Å². The van der Waals surface area contributed by atoms with E-state index in [4.69, 9.17) is 0 Å². The highest BCUT2D eigenvalue weighted by atomic mass is 19.1. The van der Waals surface area contributed by atoms with Crippen LogP contribution in [0.1, 0.15) is 42.0 Å². The molecular formula is C25H28FN3O4. The molecule has 1 saturated heterocycles. The van der Waals surface area contributed by atoms with Crippen molar-refractivity contribution >= 4 is 17.9 Å². The van der Waals surface area contributed by atoms with Gasteiger partial charge in [0.25, 0.3) is 0 Å². The van der Waals surface area contributed by atoms with Crippen LogP contribution in [0.25, 0.3) is 0 Å². The van der Waals surface area contributed by atoms with Crippen LogP contribution >= 0.6 is 0 Å². The predicted octanol–water partition coefficient (Wildman–Crippen LogP) is 4.04. The molecule has 4 rings (SSSR count). The van der Waals surface area contributed by atoms with Gasteiger partial charge < -0.3 is 19.8 Å². The van der Waals surface area contributed by atoms with E-state index >= 15 is 0 Å². The van der Waals surface area contributed by atoms with Crippen molar-refractivity contribution < 1.29 is 23.9 Å². The largest absolute Gasteiger partial charge is 0.465 e. The second-order valence-corrected chi connectivity index (χ2v) is 8.88. The number of urea groups is 1. The summed E-state index contributed by atoms with van der Waals surface area (Å²) in [5.41, 5.74) is 3.56. The Morgan fingerprint density at radius 1 is 1.00 bits per heavy atom. The van der Waals surface area contributed by atoms with Crippen LogP contribution in [-0.2, 0) is 30.8 Å². The molecule has 2 aliphatic rings. The van der Waals surface area contributed by atoms with Gasteiger partial charge in [-0.15, -0.1) is 0 Å². The first kappa shape index (κ1) is 22.8. The Morgan fingerprint density at radius 2 is 1.67 bits per heavy atom. The lowest BCUT2D eigenvalue weighted by Crippen LogP contribution is -2.50. The number of hydrogen-bond acceptors (Lipinski definition) is 3. The molecular weight excluding hydrogens is 425 g/mol. The summed E-state index contributed by atoms with van der Waals surface area (Å²) in [6.07, 6.45) is 0.537. The zero-order valence-corrected chi connectivity index (χ0v) is 18.7. The summed E-state index contributed by atoms with van der Waals surface area (Å²) < 4.78 is 14.0. The number of piperidine rings is 1. The van der Waals surface area contributed by atoms with Gasteiger partial charge in [-0.3, -0.25) is 4.79 Å². The summed E-state index contributed by atoms with van der Waals surface area (Å²) >= 11 is 0. The molecule has 0 saturated carbocycles. The lowest BCUT2D eigenvalue weighted by Gasteiger charge is -2.38. The molecule has 33 heavy (non-hydrogen) atoms. The summed E-state index contributed by atoms with van der Waals surface area (Å²) in [5, 5.41) is 9.24. The molecule has 0 aromatic heterocycles. The number of rotatable bonds is 5. The monoisotopic (exact) mass is 453 g/mol. The molecule has 0 aliphatic carbocycles. The Kier molecular flexibility index (Phi) is 6.62. The van der Waals surface area contributed by atoms with E-state index in [0.717, 1.165) is 22.3 Å². The smallest absolute Gasteiger partial charge is 0.407 e. The number of carbonyl (C=O) groups is 3. The van der Waals surface area contributed by atoms with Crippen molar-refractivity contribution in [3.63, 3.8) is 0 Å². The van der Waals surface area contributed by atoms with Crippen LogP contribution in [0.3, 0.4) is 0 Å². The first-order chi connectivity index (χ1) is 15.8. The number of nitrogens with zero attached hydrogens (tertiary/aromatic N) is 3. The van der Waals surface area contributed by atoms with Gasteiger partial charge in [0, 0.05) is 45.2 Å². The Bertz CT molecular complexity index is 1050. The van der Waals surface area contributed by atoms with Crippen molar-refractivity contribution in [3.05, 3.63) is 70.5 Å². The summed E-state index contributed by atoms with van der Waals surface area (Å²) in [6.45, 7) is 3.36. The van der Waals surface area contributed by atoms with Crippen LogP contribution in [0.5, 0.6) is 0 Å². The summed E-state index contributed by atoms with van der Waals surface area (Å²) in [6, 6.07) is 12.1. The first-order valence-electron chi connectivity index (χ1n) is 11.2. The quantitative estimate of drug-likeness (QED) is 0.741. The minimum Gasteiger partial charge on any atom is -0.465 e. The molecule has 2 aromatic rings. The average Bonchev–Trinajstić information content (AvgIpc) is 2.91. The number of hydrogen-bond donors (Lipinski definition) is 1. The third kappa shape index (κ3) is 5.32. The van der Waals surface area contributed by atoms with Crippen LogP contribution in [0.15, 0.2) is 42.5 Å². The molecule has 1 N–H and O–H groups in total. The van der Waals surface area contributed by atoms with Crippen molar-refractivity contribution in [3.8, 4) is 0 Å². The van der Waals surface area contributed by atoms with E-state index in [0.29, 0.717) is 52.0 Å². The van der Waals surface area contributed by atoms with Crippen molar-refractivity contribution in [2.24, 2.45) is 0 Å². The Labute approximate surface area is 192 Å². The maximum Gasteiger partial charge on any atom is 0.407 e. The summed E-state index contributed by atoms with van der Waals surface area (Å²) in [4.78, 5) is 41.1. The fourth-order valence-corrected chi connectivity index (χ4v) is 4.65. The highest BCUT2D eigenvalue weighted by Crippen LogP contribution is 2.28. The van der Waals surface area contributed by atoms with E-state index in [2.05, 4.69) is 0 Å². The molecule has 0 spiro atoms. The fraction of sp³-hybridized carbons (Fsp3) is 0.400. The van der Waals surface area contributed by atoms with E-state index in [1.807, 2.05) is 24.3 Å². The second kappa shape index (κ2) is 9.60. The maximum atomic E-state index is 14.0. The molecule has 0 unspecified atom stereocenters. The standard InChI is InChI=1S/C25H28FN3O4/c1-17(30)12-18-2-4-19(5-3-18)14-28-15-20-6-7-22(26)13-21(20)16-29(24(28)31)23-8-10-27(11-9-23)25(32)33/h2-7,13,23H,8-12,14-16H2,1H3,(H,32,33). The average molecular weight is 454 g/mol. The SMILES string of the molecule is CC(=O)Cc1ccc(CN2Cc3ccc(F)cc3CN(C3CCN(C(=O)O)CC3)C2=O)cc1. The number of likely N-dealkylation sites (tertiary alicyclic amines) is 1. The second-order valence-electron chi connectivity index (χ2n) is 8.88. The molecule has 2 heterocycles. The summed E-state index contributed by atoms with van der Waals surface area (Å²) in [7, 11) is 0. The lowest BCUT2D eigenvalue weighted by atomic mass is 10.0. The molecule has 2 aromatic carbocycles. The number of benzene rings is 2. The van der Waals surface area contributed by atoms with Gasteiger partial charge in [-0.25, -0.2) is 14.0 Å². The van der Waals surface area contributed by atoms with Gasteiger partial charge in [0.2, 0.25) is 0 Å². The number of amides is 3. The summed E-state index contributed by atoms with van der Waals surface area (Å²) in [5.74, 6) is -0.241. The van der Waals surface area contributed by atoms with Gasteiger partial charge in [0.15, 0.2) is 0 Å². The minimum atomic E-state index is -0.946.